The van der Waals surface area contributed by atoms with E-state index in [4.69, 9.17) is 0 Å². The van der Waals surface area contributed by atoms with Gasteiger partial charge in [0, 0.05) is 0 Å². The van der Waals surface area contributed by atoms with Gasteiger partial charge in [-0.15, -0.1) is 0 Å². The Morgan fingerprint density at radius 2 is 1.36 bits per heavy atom. The van der Waals surface area contributed by atoms with E-state index in [1.54, 1.807) is 0 Å². The summed E-state index contributed by atoms with van der Waals surface area (Å²) < 4.78 is 0. The number of hydrogen-bond acceptors (Lipinski definition) is 0. The summed E-state index contributed by atoms with van der Waals surface area (Å²) in [6.07, 6.45) is 8.61. The minimum absolute atomic E-state index is 0.594. The summed E-state index contributed by atoms with van der Waals surface area (Å²) in [6.45, 7) is 12.2. The molecular weight excluding hydrogens is 168 g/mol. The van der Waals surface area contributed by atoms with Crippen LogP contribution in [0.3, 0.4) is 0 Å². The van der Waals surface area contributed by atoms with Crippen LogP contribution in [0.5, 0.6) is 0 Å². The van der Waals surface area contributed by atoms with E-state index in [1.165, 1.54) is 38.5 Å². The third kappa shape index (κ3) is 3.00. The highest BCUT2D eigenvalue weighted by Crippen LogP contribution is 2.44. The summed E-state index contributed by atoms with van der Waals surface area (Å²) >= 11 is 0. The van der Waals surface area contributed by atoms with Crippen LogP contribution in [0.15, 0.2) is 0 Å². The molecule has 0 bridgehead atoms. The van der Waals surface area contributed by atoms with Crippen molar-refractivity contribution in [2.75, 3.05) is 0 Å². The lowest BCUT2D eigenvalue weighted by molar-refractivity contribution is 0.118. The molecule has 0 aromatic rings. The minimum atomic E-state index is 0.594. The van der Waals surface area contributed by atoms with Crippen molar-refractivity contribution in [3.05, 3.63) is 0 Å². The Hall–Kier alpha value is 0. The molecule has 14 heavy (non-hydrogen) atoms. The highest BCUT2D eigenvalue weighted by Gasteiger charge is 2.32. The largest absolute Gasteiger partial charge is 0.0623 e. The van der Waals surface area contributed by atoms with E-state index in [-0.39, 0.29) is 0 Å². The van der Waals surface area contributed by atoms with Gasteiger partial charge >= 0.3 is 0 Å². The van der Waals surface area contributed by atoms with Gasteiger partial charge in [-0.2, -0.15) is 0 Å². The van der Waals surface area contributed by atoms with E-state index >= 15 is 0 Å². The van der Waals surface area contributed by atoms with Crippen LogP contribution in [0.25, 0.3) is 0 Å². The third-order valence-electron chi connectivity index (χ3n) is 4.62. The van der Waals surface area contributed by atoms with Gasteiger partial charge in [-0.05, 0) is 42.4 Å². The first-order valence-corrected chi connectivity index (χ1v) is 6.36. The molecule has 0 N–H and O–H groups in total. The topological polar surface area (TPSA) is 0 Å². The van der Waals surface area contributed by atoms with Crippen molar-refractivity contribution >= 4 is 0 Å². The molecule has 1 rings (SSSR count). The summed E-state index contributed by atoms with van der Waals surface area (Å²) in [6, 6.07) is 0. The van der Waals surface area contributed by atoms with Gasteiger partial charge in [0.15, 0.2) is 0 Å². The van der Waals surface area contributed by atoms with E-state index < -0.39 is 0 Å². The van der Waals surface area contributed by atoms with Crippen LogP contribution in [0.4, 0.5) is 0 Å². The first kappa shape index (κ1) is 12.1. The summed E-state index contributed by atoms with van der Waals surface area (Å²) in [4.78, 5) is 0. The van der Waals surface area contributed by atoms with Gasteiger partial charge in [-0.3, -0.25) is 0 Å². The molecule has 1 aliphatic rings. The van der Waals surface area contributed by atoms with E-state index in [9.17, 15) is 0 Å². The molecule has 0 aromatic carbocycles. The molecule has 1 fully saturated rings. The maximum atomic E-state index is 2.50. The van der Waals surface area contributed by atoms with Gasteiger partial charge in [0.25, 0.3) is 0 Å². The zero-order valence-electron chi connectivity index (χ0n) is 10.8. The van der Waals surface area contributed by atoms with Gasteiger partial charge in [0.2, 0.25) is 0 Å². The van der Waals surface area contributed by atoms with Crippen LogP contribution in [0.2, 0.25) is 0 Å². The van der Waals surface area contributed by atoms with Gasteiger partial charge in [0.05, 0.1) is 0 Å². The lowest BCUT2D eigenvalue weighted by Crippen LogP contribution is -2.28. The van der Waals surface area contributed by atoms with Crippen LogP contribution in [-0.2, 0) is 0 Å². The maximum Gasteiger partial charge on any atom is -0.0303 e. The quantitative estimate of drug-likeness (QED) is 0.552. The second-order valence-electron chi connectivity index (χ2n) is 6.68. The fourth-order valence-corrected chi connectivity index (χ4v) is 2.58. The predicted octanol–water partition coefficient (Wildman–Crippen LogP) is 5.03. The maximum absolute atomic E-state index is 2.50. The summed E-state index contributed by atoms with van der Waals surface area (Å²) in [5.41, 5.74) is 1.20. The van der Waals surface area contributed by atoms with Crippen LogP contribution < -0.4 is 0 Å². The van der Waals surface area contributed by atoms with Crippen molar-refractivity contribution < 1.29 is 0 Å². The first-order chi connectivity index (χ1) is 6.36. The molecule has 0 amide bonds. The molecular formula is C14H28. The summed E-state index contributed by atoms with van der Waals surface area (Å²) in [5.74, 6) is 0.844. The molecule has 1 saturated carbocycles. The minimum Gasteiger partial charge on any atom is -0.0623 e. The zero-order valence-corrected chi connectivity index (χ0v) is 10.8. The van der Waals surface area contributed by atoms with Gasteiger partial charge < -0.3 is 0 Å². The van der Waals surface area contributed by atoms with E-state index in [0.717, 1.165) is 5.92 Å². The number of rotatable bonds is 1. The van der Waals surface area contributed by atoms with Crippen molar-refractivity contribution in [2.24, 2.45) is 16.7 Å². The van der Waals surface area contributed by atoms with Crippen molar-refractivity contribution in [1.29, 1.82) is 0 Å². The molecule has 0 nitrogen and oxygen atoms in total. The van der Waals surface area contributed by atoms with Gasteiger partial charge in [-0.1, -0.05) is 47.5 Å². The lowest BCUT2D eigenvalue weighted by Gasteiger charge is -2.39. The lowest BCUT2D eigenvalue weighted by atomic mass is 9.66. The first-order valence-electron chi connectivity index (χ1n) is 6.36. The third-order valence-corrected chi connectivity index (χ3v) is 4.62. The Morgan fingerprint density at radius 1 is 0.786 bits per heavy atom. The predicted molar refractivity (Wildman–Crippen MR) is 64.4 cm³/mol. The van der Waals surface area contributed by atoms with Gasteiger partial charge in [0.1, 0.15) is 0 Å². The van der Waals surface area contributed by atoms with Crippen molar-refractivity contribution in [3.63, 3.8) is 0 Å². The zero-order chi connectivity index (χ0) is 10.8. The molecule has 0 heteroatoms. The molecule has 0 aromatic heterocycles. The second kappa shape index (κ2) is 4.24. The van der Waals surface area contributed by atoms with Crippen LogP contribution in [0, 0.1) is 16.7 Å². The number of hydrogen-bond donors (Lipinski definition) is 0. The fourth-order valence-electron chi connectivity index (χ4n) is 2.58. The molecule has 1 unspecified atom stereocenters. The summed E-state index contributed by atoms with van der Waals surface area (Å²) in [7, 11) is 0. The van der Waals surface area contributed by atoms with Crippen LogP contribution in [0.1, 0.15) is 73.1 Å². The standard InChI is InChI=1S/C14H28/c1-12(2)14(5)9-7-6-8-13(3,4)10-11-14/h12H,6-11H2,1-5H3. The molecule has 0 aliphatic heterocycles. The highest BCUT2D eigenvalue weighted by molar-refractivity contribution is 4.83. The second-order valence-corrected chi connectivity index (χ2v) is 6.68. The Kier molecular flexibility index (Phi) is 3.66. The molecule has 0 radical (unpaired) electrons. The Balaban J connectivity index is 2.63. The van der Waals surface area contributed by atoms with E-state index in [1.807, 2.05) is 0 Å². The Labute approximate surface area is 90.5 Å². The smallest absolute Gasteiger partial charge is 0.0303 e. The SMILES string of the molecule is CC(C)C1(C)CCCCC(C)(C)CC1. The molecule has 0 heterocycles. The highest BCUT2D eigenvalue weighted by atomic mass is 14.4. The van der Waals surface area contributed by atoms with Crippen molar-refractivity contribution in [2.45, 2.75) is 73.1 Å². The van der Waals surface area contributed by atoms with E-state index in [2.05, 4.69) is 34.6 Å². The normalized spacial score (nSPS) is 33.9. The van der Waals surface area contributed by atoms with Crippen molar-refractivity contribution in [3.8, 4) is 0 Å². The Morgan fingerprint density at radius 3 is 1.93 bits per heavy atom. The van der Waals surface area contributed by atoms with Crippen LogP contribution in [-0.4, -0.2) is 0 Å². The van der Waals surface area contributed by atoms with Gasteiger partial charge in [-0.25, -0.2) is 0 Å². The average molecular weight is 196 g/mol. The Bertz CT molecular complexity index is 178. The molecule has 84 valence electrons. The van der Waals surface area contributed by atoms with Crippen molar-refractivity contribution in [1.82, 2.24) is 0 Å². The fraction of sp³-hybridized carbons (Fsp3) is 1.00. The average Bonchev–Trinajstić information content (AvgIpc) is 2.07. The molecule has 0 saturated heterocycles. The van der Waals surface area contributed by atoms with E-state index in [0.29, 0.717) is 10.8 Å². The molecule has 1 aliphatic carbocycles. The molecule has 0 spiro atoms. The van der Waals surface area contributed by atoms with Crippen LogP contribution >= 0.6 is 0 Å². The molecule has 1 atom stereocenters. The summed E-state index contributed by atoms with van der Waals surface area (Å²) in [5, 5.41) is 0. The monoisotopic (exact) mass is 196 g/mol.